The molecule has 0 bridgehead atoms. The Morgan fingerprint density at radius 2 is 2.08 bits per heavy atom. The summed E-state index contributed by atoms with van der Waals surface area (Å²) in [5, 5.41) is 20.5. The number of nitrogens with zero attached hydrogens (tertiary/aromatic N) is 3. The van der Waals surface area contributed by atoms with E-state index in [0.717, 1.165) is 17.1 Å². The fourth-order valence-corrected chi connectivity index (χ4v) is 3.66. The van der Waals surface area contributed by atoms with Crippen molar-refractivity contribution in [1.82, 2.24) is 14.5 Å². The molecule has 2 heterocycles. The van der Waals surface area contributed by atoms with Gasteiger partial charge in [-0.1, -0.05) is 30.3 Å². The lowest BCUT2D eigenvalue weighted by molar-refractivity contribution is -0.163. The van der Waals surface area contributed by atoms with Crippen LogP contribution in [0.4, 0.5) is 0 Å². The summed E-state index contributed by atoms with van der Waals surface area (Å²) >= 11 is 0. The second-order valence-corrected chi connectivity index (χ2v) is 7.03. The molecule has 0 spiro atoms. The van der Waals surface area contributed by atoms with Gasteiger partial charge < -0.3 is 14.8 Å². The molecule has 1 aliphatic rings. The molecule has 2 aromatic rings. The van der Waals surface area contributed by atoms with Crippen LogP contribution in [-0.2, 0) is 24.8 Å². The molecular weight excluding hydrogens is 318 g/mol. The zero-order valence-corrected chi connectivity index (χ0v) is 14.7. The molecule has 2 N–H and O–H groups in total. The largest absolute Gasteiger partial charge is 0.481 e. The van der Waals surface area contributed by atoms with Gasteiger partial charge in [-0.05, 0) is 25.3 Å². The van der Waals surface area contributed by atoms with Crippen LogP contribution in [0.5, 0.6) is 0 Å². The number of hydrogen-bond donors (Lipinski definition) is 2. The summed E-state index contributed by atoms with van der Waals surface area (Å²) in [5.74, 6) is -0.00779. The first kappa shape index (κ1) is 17.6. The standard InChI is InChI=1S/C19H25N3O3/c1-14-20-16(11-21(14)2)12-22-9-8-17(23)19(13-22,18(24)25)10-15-6-4-3-5-7-15/h3-7,11,17,23H,8-10,12-13H2,1-2H3,(H,24,25)/t17-,19-/m1/s1. The van der Waals surface area contributed by atoms with E-state index in [9.17, 15) is 15.0 Å². The maximum atomic E-state index is 12.1. The van der Waals surface area contributed by atoms with Crippen LogP contribution in [0.3, 0.4) is 0 Å². The number of hydrogen-bond acceptors (Lipinski definition) is 4. The maximum absolute atomic E-state index is 12.1. The van der Waals surface area contributed by atoms with Crippen LogP contribution in [0.25, 0.3) is 0 Å². The molecule has 2 atom stereocenters. The summed E-state index contributed by atoms with van der Waals surface area (Å²) in [6.45, 7) is 3.52. The molecular formula is C19H25N3O3. The van der Waals surface area contributed by atoms with Gasteiger partial charge in [0.25, 0.3) is 0 Å². The molecule has 1 fully saturated rings. The molecule has 6 nitrogen and oxygen atoms in total. The normalized spacial score (nSPS) is 24.4. The van der Waals surface area contributed by atoms with Crippen LogP contribution in [-0.4, -0.2) is 49.8 Å². The third-order valence-electron chi connectivity index (χ3n) is 5.19. The number of imidazole rings is 1. The highest BCUT2D eigenvalue weighted by Crippen LogP contribution is 2.35. The second kappa shape index (κ2) is 6.98. The van der Waals surface area contributed by atoms with E-state index in [4.69, 9.17) is 0 Å². The zero-order valence-electron chi connectivity index (χ0n) is 14.7. The Kier molecular flexibility index (Phi) is 4.92. The molecule has 25 heavy (non-hydrogen) atoms. The number of carboxylic acid groups (broad SMARTS) is 1. The first-order chi connectivity index (χ1) is 11.9. The van der Waals surface area contributed by atoms with E-state index in [1.807, 2.05) is 55.1 Å². The van der Waals surface area contributed by atoms with E-state index < -0.39 is 17.5 Å². The van der Waals surface area contributed by atoms with E-state index in [2.05, 4.69) is 9.88 Å². The van der Waals surface area contributed by atoms with Gasteiger partial charge in [-0.2, -0.15) is 0 Å². The van der Waals surface area contributed by atoms with Gasteiger partial charge in [-0.15, -0.1) is 0 Å². The number of carboxylic acids is 1. The minimum Gasteiger partial charge on any atom is -0.481 e. The summed E-state index contributed by atoms with van der Waals surface area (Å²) in [6, 6.07) is 9.53. The first-order valence-corrected chi connectivity index (χ1v) is 8.57. The molecule has 1 aromatic heterocycles. The van der Waals surface area contributed by atoms with Crippen LogP contribution < -0.4 is 0 Å². The van der Waals surface area contributed by atoms with Gasteiger partial charge >= 0.3 is 5.97 Å². The van der Waals surface area contributed by atoms with Crippen molar-refractivity contribution in [2.45, 2.75) is 32.4 Å². The lowest BCUT2D eigenvalue weighted by Gasteiger charge is -2.43. The molecule has 134 valence electrons. The number of aromatic nitrogens is 2. The Hall–Kier alpha value is -2.18. The number of piperidine rings is 1. The van der Waals surface area contributed by atoms with Gasteiger partial charge in [0, 0.05) is 32.9 Å². The van der Waals surface area contributed by atoms with Crippen molar-refractivity contribution in [1.29, 1.82) is 0 Å². The molecule has 0 saturated carbocycles. The highest BCUT2D eigenvalue weighted by Gasteiger charge is 2.49. The summed E-state index contributed by atoms with van der Waals surface area (Å²) < 4.78 is 1.96. The number of benzene rings is 1. The van der Waals surface area contributed by atoms with E-state index in [1.165, 1.54) is 0 Å². The second-order valence-electron chi connectivity index (χ2n) is 7.03. The number of likely N-dealkylation sites (tertiary alicyclic amines) is 1. The van der Waals surface area contributed by atoms with Gasteiger partial charge in [0.2, 0.25) is 0 Å². The average molecular weight is 343 g/mol. The zero-order chi connectivity index (χ0) is 18.0. The van der Waals surface area contributed by atoms with E-state index >= 15 is 0 Å². The average Bonchev–Trinajstić information content (AvgIpc) is 2.89. The smallest absolute Gasteiger partial charge is 0.313 e. The monoisotopic (exact) mass is 343 g/mol. The van der Waals surface area contributed by atoms with Crippen LogP contribution in [0.2, 0.25) is 0 Å². The molecule has 1 aliphatic heterocycles. The Balaban J connectivity index is 1.82. The summed E-state index contributed by atoms with van der Waals surface area (Å²) in [7, 11) is 1.95. The van der Waals surface area contributed by atoms with Gasteiger partial charge in [0.15, 0.2) is 0 Å². The van der Waals surface area contributed by atoms with Crippen molar-refractivity contribution in [2.75, 3.05) is 13.1 Å². The van der Waals surface area contributed by atoms with Crippen molar-refractivity contribution in [3.63, 3.8) is 0 Å². The summed E-state index contributed by atoms with van der Waals surface area (Å²) in [4.78, 5) is 18.7. The predicted molar refractivity (Wildman–Crippen MR) is 94.1 cm³/mol. The lowest BCUT2D eigenvalue weighted by atomic mass is 9.73. The first-order valence-electron chi connectivity index (χ1n) is 8.57. The topological polar surface area (TPSA) is 78.6 Å². The lowest BCUT2D eigenvalue weighted by Crippen LogP contribution is -2.56. The van der Waals surface area contributed by atoms with Crippen molar-refractivity contribution < 1.29 is 15.0 Å². The number of carbonyl (C=O) groups is 1. The predicted octanol–water partition coefficient (Wildman–Crippen LogP) is 1.61. The van der Waals surface area contributed by atoms with Crippen molar-refractivity contribution >= 4 is 5.97 Å². The molecule has 0 amide bonds. The van der Waals surface area contributed by atoms with Crippen LogP contribution in [0.15, 0.2) is 36.5 Å². The highest BCUT2D eigenvalue weighted by atomic mass is 16.4. The molecule has 1 saturated heterocycles. The fraction of sp³-hybridized carbons (Fsp3) is 0.474. The summed E-state index contributed by atoms with van der Waals surface area (Å²) in [5.41, 5.74) is 0.665. The highest BCUT2D eigenvalue weighted by molar-refractivity contribution is 5.76. The number of aliphatic hydroxyl groups is 1. The van der Waals surface area contributed by atoms with Crippen molar-refractivity contribution in [2.24, 2.45) is 12.5 Å². The van der Waals surface area contributed by atoms with Crippen LogP contribution >= 0.6 is 0 Å². The van der Waals surface area contributed by atoms with Gasteiger partial charge in [-0.3, -0.25) is 9.69 Å². The quantitative estimate of drug-likeness (QED) is 0.862. The molecule has 0 radical (unpaired) electrons. The van der Waals surface area contributed by atoms with Gasteiger partial charge in [-0.25, -0.2) is 4.98 Å². The van der Waals surface area contributed by atoms with Gasteiger partial charge in [0.05, 0.1) is 11.8 Å². The Bertz CT molecular complexity index is 724. The van der Waals surface area contributed by atoms with Crippen LogP contribution in [0, 0.1) is 12.3 Å². The number of rotatable bonds is 5. The Labute approximate surface area is 147 Å². The number of aliphatic hydroxyl groups excluding tert-OH is 1. The molecule has 6 heteroatoms. The number of aryl methyl sites for hydroxylation is 2. The molecule has 1 aromatic carbocycles. The SMILES string of the molecule is Cc1nc(CN2CC[C@@H](O)[C@](Cc3ccccc3)(C(=O)O)C2)cn1C. The summed E-state index contributed by atoms with van der Waals surface area (Å²) in [6.07, 6.45) is 1.89. The van der Waals surface area contributed by atoms with Crippen molar-refractivity contribution in [3.05, 3.63) is 53.6 Å². The van der Waals surface area contributed by atoms with Crippen molar-refractivity contribution in [3.8, 4) is 0 Å². The molecule has 0 aliphatic carbocycles. The maximum Gasteiger partial charge on any atom is 0.313 e. The van der Waals surface area contributed by atoms with E-state index in [0.29, 0.717) is 32.5 Å². The van der Waals surface area contributed by atoms with E-state index in [1.54, 1.807) is 0 Å². The number of aliphatic carboxylic acids is 1. The van der Waals surface area contributed by atoms with Crippen LogP contribution in [0.1, 0.15) is 23.5 Å². The Morgan fingerprint density at radius 3 is 2.68 bits per heavy atom. The Morgan fingerprint density at radius 1 is 1.36 bits per heavy atom. The molecule has 3 rings (SSSR count). The minimum absolute atomic E-state index is 0.314. The van der Waals surface area contributed by atoms with Gasteiger partial charge in [0.1, 0.15) is 11.2 Å². The molecule has 0 unspecified atom stereocenters. The fourth-order valence-electron chi connectivity index (χ4n) is 3.66. The third kappa shape index (κ3) is 3.60. The third-order valence-corrected chi connectivity index (χ3v) is 5.19. The minimum atomic E-state index is -1.19. The van der Waals surface area contributed by atoms with E-state index in [-0.39, 0.29) is 0 Å².